The van der Waals surface area contributed by atoms with Crippen molar-refractivity contribution in [3.05, 3.63) is 52.9 Å². The molecule has 19 heavy (non-hydrogen) atoms. The highest BCUT2D eigenvalue weighted by atomic mass is 32.1. The second-order valence-electron chi connectivity index (χ2n) is 4.91. The third-order valence-electron chi connectivity index (χ3n) is 3.62. The van der Waals surface area contributed by atoms with Crippen molar-refractivity contribution in [2.45, 2.75) is 26.2 Å². The number of hydrogen-bond donors (Lipinski definition) is 0. The van der Waals surface area contributed by atoms with Gasteiger partial charge < -0.3 is 0 Å². The maximum Gasteiger partial charge on any atom is 0.0960 e. The van der Waals surface area contributed by atoms with Gasteiger partial charge in [-0.2, -0.15) is 0 Å². The third-order valence-corrected chi connectivity index (χ3v) is 4.70. The van der Waals surface area contributed by atoms with Crippen molar-refractivity contribution in [2.24, 2.45) is 0 Å². The van der Waals surface area contributed by atoms with Crippen molar-refractivity contribution < 1.29 is 0 Å². The minimum absolute atomic E-state index is 0.550. The summed E-state index contributed by atoms with van der Waals surface area (Å²) in [5.74, 6) is 0.550. The fourth-order valence-corrected chi connectivity index (χ4v) is 3.22. The average Bonchev–Trinajstić information content (AvgIpc) is 2.95. The second-order valence-corrected chi connectivity index (χ2v) is 5.80. The van der Waals surface area contributed by atoms with Crippen LogP contribution in [0.2, 0.25) is 0 Å². The highest BCUT2D eigenvalue weighted by molar-refractivity contribution is 7.10. The van der Waals surface area contributed by atoms with Crippen molar-refractivity contribution in [3.8, 4) is 11.3 Å². The van der Waals surface area contributed by atoms with Crippen LogP contribution in [0.4, 0.5) is 0 Å². The fraction of sp³-hybridized carbons (Fsp3) is 0.235. The highest BCUT2D eigenvalue weighted by Crippen LogP contribution is 2.32. The summed E-state index contributed by atoms with van der Waals surface area (Å²) in [5, 5.41) is 5.98. The van der Waals surface area contributed by atoms with Crippen LogP contribution in [-0.2, 0) is 0 Å². The molecule has 2 heteroatoms. The molecule has 0 aliphatic carbocycles. The lowest BCUT2D eigenvalue weighted by Crippen LogP contribution is -1.90. The van der Waals surface area contributed by atoms with Crippen molar-refractivity contribution >= 4 is 22.1 Å². The lowest BCUT2D eigenvalue weighted by atomic mass is 10.0. The molecule has 0 amide bonds. The standard InChI is InChI=1S/C17H17NS/c1-3-12(2)17-18-16(11-19-17)15-10-6-8-13-7-4-5-9-14(13)15/h4-12H,3H2,1-2H3. The van der Waals surface area contributed by atoms with Gasteiger partial charge >= 0.3 is 0 Å². The van der Waals surface area contributed by atoms with Gasteiger partial charge in [0, 0.05) is 16.9 Å². The Kier molecular flexibility index (Phi) is 3.34. The minimum atomic E-state index is 0.550. The molecule has 1 aromatic heterocycles. The first kappa shape index (κ1) is 12.4. The van der Waals surface area contributed by atoms with E-state index in [1.807, 2.05) is 0 Å². The van der Waals surface area contributed by atoms with Gasteiger partial charge in [-0.05, 0) is 17.2 Å². The van der Waals surface area contributed by atoms with Gasteiger partial charge in [0.25, 0.3) is 0 Å². The Morgan fingerprint density at radius 1 is 1.11 bits per heavy atom. The summed E-state index contributed by atoms with van der Waals surface area (Å²) >= 11 is 1.77. The first-order valence-electron chi connectivity index (χ1n) is 6.73. The van der Waals surface area contributed by atoms with Crippen LogP contribution in [0.25, 0.3) is 22.0 Å². The zero-order chi connectivity index (χ0) is 13.2. The van der Waals surface area contributed by atoms with Crippen LogP contribution >= 0.6 is 11.3 Å². The second kappa shape index (κ2) is 5.14. The zero-order valence-electron chi connectivity index (χ0n) is 11.3. The van der Waals surface area contributed by atoms with E-state index in [9.17, 15) is 0 Å². The Labute approximate surface area is 117 Å². The van der Waals surface area contributed by atoms with Crippen LogP contribution < -0.4 is 0 Å². The Bertz CT molecular complexity index is 694. The largest absolute Gasteiger partial charge is 0.241 e. The number of fused-ring (bicyclic) bond motifs is 1. The van der Waals surface area contributed by atoms with Crippen molar-refractivity contribution in [1.29, 1.82) is 0 Å². The summed E-state index contributed by atoms with van der Waals surface area (Å²) in [6, 6.07) is 14.9. The monoisotopic (exact) mass is 267 g/mol. The first-order valence-corrected chi connectivity index (χ1v) is 7.61. The number of rotatable bonds is 3. The number of hydrogen-bond acceptors (Lipinski definition) is 2. The fourth-order valence-electron chi connectivity index (χ4n) is 2.26. The molecule has 0 saturated carbocycles. The molecule has 1 heterocycles. The zero-order valence-corrected chi connectivity index (χ0v) is 12.1. The lowest BCUT2D eigenvalue weighted by Gasteiger charge is -2.04. The van der Waals surface area contributed by atoms with Gasteiger partial charge in [-0.15, -0.1) is 11.3 Å². The molecule has 0 N–H and O–H groups in total. The average molecular weight is 267 g/mol. The Morgan fingerprint density at radius 2 is 1.89 bits per heavy atom. The van der Waals surface area contributed by atoms with E-state index in [1.54, 1.807) is 11.3 Å². The maximum atomic E-state index is 4.82. The molecule has 1 unspecified atom stereocenters. The normalized spacial score (nSPS) is 12.7. The molecular formula is C17H17NS. The van der Waals surface area contributed by atoms with Crippen molar-refractivity contribution in [1.82, 2.24) is 4.98 Å². The molecule has 1 nitrogen and oxygen atoms in total. The first-order chi connectivity index (χ1) is 9.29. The van der Waals surface area contributed by atoms with E-state index in [1.165, 1.54) is 21.3 Å². The van der Waals surface area contributed by atoms with Gasteiger partial charge in [-0.1, -0.05) is 56.3 Å². The summed E-state index contributed by atoms with van der Waals surface area (Å²) < 4.78 is 0. The number of thiazole rings is 1. The quantitative estimate of drug-likeness (QED) is 0.612. The minimum Gasteiger partial charge on any atom is -0.241 e. The van der Waals surface area contributed by atoms with Gasteiger partial charge in [0.15, 0.2) is 0 Å². The number of benzene rings is 2. The molecular weight excluding hydrogens is 250 g/mol. The van der Waals surface area contributed by atoms with E-state index in [2.05, 4.69) is 61.7 Å². The molecule has 0 aliphatic heterocycles. The Hall–Kier alpha value is -1.67. The van der Waals surface area contributed by atoms with Crippen LogP contribution in [-0.4, -0.2) is 4.98 Å². The van der Waals surface area contributed by atoms with Gasteiger partial charge in [-0.3, -0.25) is 0 Å². The SMILES string of the molecule is CCC(C)c1nc(-c2cccc3ccccc23)cs1. The Balaban J connectivity index is 2.12. The lowest BCUT2D eigenvalue weighted by molar-refractivity contribution is 0.727. The molecule has 96 valence electrons. The molecule has 3 rings (SSSR count). The molecule has 2 aromatic carbocycles. The molecule has 3 aromatic rings. The molecule has 1 atom stereocenters. The molecule has 0 spiro atoms. The van der Waals surface area contributed by atoms with Crippen molar-refractivity contribution in [2.75, 3.05) is 0 Å². The predicted octanol–water partition coefficient (Wildman–Crippen LogP) is 5.48. The number of nitrogens with zero attached hydrogens (tertiary/aromatic N) is 1. The van der Waals surface area contributed by atoms with Gasteiger partial charge in [0.05, 0.1) is 10.7 Å². The summed E-state index contributed by atoms with van der Waals surface area (Å²) in [6.45, 7) is 4.45. The van der Waals surface area contributed by atoms with E-state index in [0.29, 0.717) is 5.92 Å². The van der Waals surface area contributed by atoms with Crippen LogP contribution in [0.1, 0.15) is 31.2 Å². The maximum absolute atomic E-state index is 4.82. The topological polar surface area (TPSA) is 12.9 Å². The van der Waals surface area contributed by atoms with E-state index in [-0.39, 0.29) is 0 Å². The van der Waals surface area contributed by atoms with Gasteiger partial charge in [-0.25, -0.2) is 4.98 Å². The molecule has 0 saturated heterocycles. The van der Waals surface area contributed by atoms with E-state index >= 15 is 0 Å². The summed E-state index contributed by atoms with van der Waals surface area (Å²) in [5.41, 5.74) is 2.35. The van der Waals surface area contributed by atoms with Crippen molar-refractivity contribution in [3.63, 3.8) is 0 Å². The van der Waals surface area contributed by atoms with E-state index in [4.69, 9.17) is 4.98 Å². The molecule has 0 radical (unpaired) electrons. The summed E-state index contributed by atoms with van der Waals surface area (Å²) in [6.07, 6.45) is 1.14. The van der Waals surface area contributed by atoms with E-state index < -0.39 is 0 Å². The molecule has 0 aliphatic rings. The van der Waals surface area contributed by atoms with Gasteiger partial charge in [0.1, 0.15) is 0 Å². The predicted molar refractivity (Wildman–Crippen MR) is 83.8 cm³/mol. The van der Waals surface area contributed by atoms with Crippen LogP contribution in [0, 0.1) is 0 Å². The highest BCUT2D eigenvalue weighted by Gasteiger charge is 2.11. The smallest absolute Gasteiger partial charge is 0.0960 e. The number of aromatic nitrogens is 1. The Morgan fingerprint density at radius 3 is 2.74 bits per heavy atom. The molecule has 0 fully saturated rings. The van der Waals surface area contributed by atoms with Crippen LogP contribution in [0.3, 0.4) is 0 Å². The summed E-state index contributed by atoms with van der Waals surface area (Å²) in [7, 11) is 0. The van der Waals surface area contributed by atoms with E-state index in [0.717, 1.165) is 12.1 Å². The van der Waals surface area contributed by atoms with Crippen LogP contribution in [0.5, 0.6) is 0 Å². The third kappa shape index (κ3) is 2.28. The van der Waals surface area contributed by atoms with Crippen LogP contribution in [0.15, 0.2) is 47.8 Å². The molecule has 0 bridgehead atoms. The summed E-state index contributed by atoms with van der Waals surface area (Å²) in [4.78, 5) is 4.82. The van der Waals surface area contributed by atoms with Gasteiger partial charge in [0.2, 0.25) is 0 Å².